The average Bonchev–Trinajstić information content (AvgIpc) is 2.39. The molecule has 92 valence electrons. The SMILES string of the molecule is COC(=O)c1c(C)cccc1Cc1ccccc1. The van der Waals surface area contributed by atoms with Gasteiger partial charge in [-0.2, -0.15) is 0 Å². The van der Waals surface area contributed by atoms with Crippen LogP contribution in [0.25, 0.3) is 0 Å². The smallest absolute Gasteiger partial charge is 0.338 e. The monoisotopic (exact) mass is 240 g/mol. The minimum Gasteiger partial charge on any atom is -0.465 e. The molecule has 0 amide bonds. The van der Waals surface area contributed by atoms with E-state index in [-0.39, 0.29) is 5.97 Å². The van der Waals surface area contributed by atoms with Crippen LogP contribution in [-0.2, 0) is 11.2 Å². The molecule has 2 aromatic carbocycles. The van der Waals surface area contributed by atoms with Crippen LogP contribution in [0.5, 0.6) is 0 Å². The lowest BCUT2D eigenvalue weighted by molar-refractivity contribution is 0.0599. The highest BCUT2D eigenvalue weighted by Gasteiger charge is 2.14. The molecule has 0 spiro atoms. The summed E-state index contributed by atoms with van der Waals surface area (Å²) in [6, 6.07) is 16.0. The second kappa shape index (κ2) is 5.50. The third-order valence-corrected chi connectivity index (χ3v) is 2.99. The number of carbonyl (C=O) groups excluding carboxylic acids is 1. The summed E-state index contributed by atoms with van der Waals surface area (Å²) in [7, 11) is 1.42. The molecule has 0 N–H and O–H groups in total. The molecule has 0 saturated carbocycles. The molecule has 0 heterocycles. The van der Waals surface area contributed by atoms with E-state index in [4.69, 9.17) is 4.74 Å². The molecule has 0 bridgehead atoms. The Morgan fingerprint density at radius 1 is 1.06 bits per heavy atom. The van der Waals surface area contributed by atoms with Crippen molar-refractivity contribution < 1.29 is 9.53 Å². The predicted octanol–water partition coefficient (Wildman–Crippen LogP) is 3.37. The minimum atomic E-state index is -0.265. The first-order valence-corrected chi connectivity index (χ1v) is 5.93. The number of hydrogen-bond acceptors (Lipinski definition) is 2. The van der Waals surface area contributed by atoms with Gasteiger partial charge in [0.05, 0.1) is 12.7 Å². The van der Waals surface area contributed by atoms with Crippen molar-refractivity contribution in [3.05, 3.63) is 70.8 Å². The molecule has 0 aromatic heterocycles. The second-order valence-corrected chi connectivity index (χ2v) is 4.26. The largest absolute Gasteiger partial charge is 0.465 e. The van der Waals surface area contributed by atoms with Gasteiger partial charge in [-0.1, -0.05) is 48.5 Å². The average molecular weight is 240 g/mol. The van der Waals surface area contributed by atoms with Crippen molar-refractivity contribution in [2.75, 3.05) is 7.11 Å². The zero-order valence-electron chi connectivity index (χ0n) is 10.6. The highest BCUT2D eigenvalue weighted by molar-refractivity contribution is 5.92. The maximum absolute atomic E-state index is 11.8. The van der Waals surface area contributed by atoms with Gasteiger partial charge in [0.25, 0.3) is 0 Å². The molecule has 0 atom stereocenters. The van der Waals surface area contributed by atoms with Gasteiger partial charge in [0, 0.05) is 0 Å². The van der Waals surface area contributed by atoms with E-state index >= 15 is 0 Å². The summed E-state index contributed by atoms with van der Waals surface area (Å²) in [5.74, 6) is -0.265. The Labute approximate surface area is 107 Å². The van der Waals surface area contributed by atoms with Crippen molar-refractivity contribution in [1.29, 1.82) is 0 Å². The zero-order valence-corrected chi connectivity index (χ0v) is 10.6. The Morgan fingerprint density at radius 2 is 1.78 bits per heavy atom. The topological polar surface area (TPSA) is 26.3 Å². The summed E-state index contributed by atoms with van der Waals surface area (Å²) < 4.78 is 4.86. The van der Waals surface area contributed by atoms with Crippen molar-refractivity contribution >= 4 is 5.97 Å². The van der Waals surface area contributed by atoms with Crippen molar-refractivity contribution in [3.8, 4) is 0 Å². The van der Waals surface area contributed by atoms with Crippen LogP contribution < -0.4 is 0 Å². The standard InChI is InChI=1S/C16H16O2/c1-12-7-6-10-14(15(12)16(17)18-2)11-13-8-4-3-5-9-13/h3-10H,11H2,1-2H3. The number of benzene rings is 2. The number of methoxy groups -OCH3 is 1. The quantitative estimate of drug-likeness (QED) is 0.769. The third-order valence-electron chi connectivity index (χ3n) is 2.99. The molecule has 0 radical (unpaired) electrons. The van der Waals surface area contributed by atoms with Crippen LogP contribution in [0, 0.1) is 6.92 Å². The molecule has 0 aliphatic rings. The fourth-order valence-corrected chi connectivity index (χ4v) is 2.09. The molecule has 0 fully saturated rings. The number of esters is 1. The number of rotatable bonds is 3. The number of ether oxygens (including phenoxy) is 1. The van der Waals surface area contributed by atoms with Gasteiger partial charge in [-0.05, 0) is 30.0 Å². The van der Waals surface area contributed by atoms with Crippen molar-refractivity contribution in [3.63, 3.8) is 0 Å². The first kappa shape index (κ1) is 12.4. The van der Waals surface area contributed by atoms with Crippen LogP contribution in [0.2, 0.25) is 0 Å². The van der Waals surface area contributed by atoms with E-state index in [0.717, 1.165) is 17.5 Å². The summed E-state index contributed by atoms with van der Waals surface area (Å²) >= 11 is 0. The van der Waals surface area contributed by atoms with E-state index in [1.165, 1.54) is 12.7 Å². The summed E-state index contributed by atoms with van der Waals surface area (Å²) in [6.45, 7) is 1.93. The third kappa shape index (κ3) is 2.59. The van der Waals surface area contributed by atoms with E-state index in [0.29, 0.717) is 5.56 Å². The van der Waals surface area contributed by atoms with E-state index in [1.54, 1.807) is 0 Å². The molecular weight excluding hydrogens is 224 g/mol. The summed E-state index contributed by atoms with van der Waals surface area (Å²) in [6.07, 6.45) is 0.743. The van der Waals surface area contributed by atoms with Crippen LogP contribution in [0.3, 0.4) is 0 Å². The second-order valence-electron chi connectivity index (χ2n) is 4.26. The van der Waals surface area contributed by atoms with Gasteiger partial charge in [0.1, 0.15) is 0 Å². The van der Waals surface area contributed by atoms with Gasteiger partial charge in [-0.15, -0.1) is 0 Å². The van der Waals surface area contributed by atoms with E-state index in [1.807, 2.05) is 43.3 Å². The molecule has 2 heteroatoms. The van der Waals surface area contributed by atoms with Crippen molar-refractivity contribution in [2.45, 2.75) is 13.3 Å². The van der Waals surface area contributed by atoms with Gasteiger partial charge in [-0.25, -0.2) is 4.79 Å². The van der Waals surface area contributed by atoms with Gasteiger partial charge in [0.2, 0.25) is 0 Å². The Hall–Kier alpha value is -2.09. The van der Waals surface area contributed by atoms with Gasteiger partial charge in [0.15, 0.2) is 0 Å². The molecular formula is C16H16O2. The molecule has 2 aromatic rings. The molecule has 0 unspecified atom stereocenters. The minimum absolute atomic E-state index is 0.265. The van der Waals surface area contributed by atoms with Crippen LogP contribution in [0.1, 0.15) is 27.0 Å². The molecule has 0 aliphatic heterocycles. The molecule has 2 nitrogen and oxygen atoms in total. The van der Waals surface area contributed by atoms with Gasteiger partial charge >= 0.3 is 5.97 Å². The van der Waals surface area contributed by atoms with Gasteiger partial charge in [-0.3, -0.25) is 0 Å². The number of carbonyl (C=O) groups is 1. The van der Waals surface area contributed by atoms with Crippen molar-refractivity contribution in [2.24, 2.45) is 0 Å². The molecule has 0 saturated heterocycles. The maximum Gasteiger partial charge on any atom is 0.338 e. The van der Waals surface area contributed by atoms with Crippen LogP contribution in [0.4, 0.5) is 0 Å². The normalized spacial score (nSPS) is 10.1. The maximum atomic E-state index is 11.8. The number of hydrogen-bond donors (Lipinski definition) is 0. The van der Waals surface area contributed by atoms with Crippen LogP contribution in [-0.4, -0.2) is 13.1 Å². The summed E-state index contributed by atoms with van der Waals surface area (Å²) in [5, 5.41) is 0. The fourth-order valence-electron chi connectivity index (χ4n) is 2.09. The van der Waals surface area contributed by atoms with Crippen LogP contribution >= 0.6 is 0 Å². The Morgan fingerprint density at radius 3 is 2.44 bits per heavy atom. The molecule has 0 aliphatic carbocycles. The number of aryl methyl sites for hydroxylation is 1. The molecule has 18 heavy (non-hydrogen) atoms. The fraction of sp³-hybridized carbons (Fsp3) is 0.188. The van der Waals surface area contributed by atoms with Gasteiger partial charge < -0.3 is 4.74 Å². The first-order valence-electron chi connectivity index (χ1n) is 5.93. The summed E-state index contributed by atoms with van der Waals surface area (Å²) in [4.78, 5) is 11.8. The summed E-state index contributed by atoms with van der Waals surface area (Å²) in [5.41, 5.74) is 3.83. The lowest BCUT2D eigenvalue weighted by atomic mass is 9.96. The van der Waals surface area contributed by atoms with Crippen LogP contribution in [0.15, 0.2) is 48.5 Å². The predicted molar refractivity (Wildman–Crippen MR) is 71.8 cm³/mol. The Kier molecular flexibility index (Phi) is 3.78. The highest BCUT2D eigenvalue weighted by Crippen LogP contribution is 2.19. The highest BCUT2D eigenvalue weighted by atomic mass is 16.5. The first-order chi connectivity index (χ1) is 8.72. The Balaban J connectivity index is 2.39. The lowest BCUT2D eigenvalue weighted by Crippen LogP contribution is -2.08. The van der Waals surface area contributed by atoms with E-state index in [9.17, 15) is 4.79 Å². The van der Waals surface area contributed by atoms with E-state index < -0.39 is 0 Å². The molecule has 2 rings (SSSR count). The van der Waals surface area contributed by atoms with Crippen molar-refractivity contribution in [1.82, 2.24) is 0 Å². The zero-order chi connectivity index (χ0) is 13.0. The lowest BCUT2D eigenvalue weighted by Gasteiger charge is -2.10. The van der Waals surface area contributed by atoms with E-state index in [2.05, 4.69) is 12.1 Å². The Bertz CT molecular complexity index is 544.